The molecule has 1 aromatic carbocycles. The van der Waals surface area contributed by atoms with Crippen molar-refractivity contribution in [2.45, 2.75) is 45.7 Å². The summed E-state index contributed by atoms with van der Waals surface area (Å²) in [4.78, 5) is 0. The van der Waals surface area contributed by atoms with E-state index in [0.29, 0.717) is 18.4 Å². The summed E-state index contributed by atoms with van der Waals surface area (Å²) >= 11 is 0. The van der Waals surface area contributed by atoms with E-state index in [1.807, 2.05) is 24.3 Å². The van der Waals surface area contributed by atoms with Crippen molar-refractivity contribution in [1.82, 2.24) is 10.5 Å². The lowest BCUT2D eigenvalue weighted by Crippen LogP contribution is -2.57. The molecule has 0 aliphatic heterocycles. The van der Waals surface area contributed by atoms with E-state index >= 15 is 0 Å². The monoisotopic (exact) mass is 344 g/mol. The fourth-order valence-electron chi connectivity index (χ4n) is 3.72. The van der Waals surface area contributed by atoms with E-state index in [0.717, 1.165) is 36.6 Å². The molecule has 0 bridgehead atoms. The molecule has 3 rings (SSSR count). The second-order valence-corrected chi connectivity index (χ2v) is 7.46. The minimum atomic E-state index is 0.0957. The standard InChI is InChI=1S/C20H28N2O3/c1-20(2)15(10-16-12-17(8-9-23)25-22-16)11-19(20)21-13-14-6-4-5-7-18(14)24-3/h4-7,12,15,19,21,23H,8-11,13H2,1-3H3/t15-,19+/m1/s1. The first-order chi connectivity index (χ1) is 12.0. The second kappa shape index (κ2) is 7.58. The lowest BCUT2D eigenvalue weighted by molar-refractivity contribution is 0.0124. The van der Waals surface area contributed by atoms with Crippen molar-refractivity contribution >= 4 is 0 Å². The number of aliphatic hydroxyl groups excluding tert-OH is 1. The van der Waals surface area contributed by atoms with Gasteiger partial charge in [-0.2, -0.15) is 0 Å². The van der Waals surface area contributed by atoms with E-state index in [9.17, 15) is 0 Å². The van der Waals surface area contributed by atoms with Gasteiger partial charge in [0.15, 0.2) is 0 Å². The molecule has 0 saturated heterocycles. The van der Waals surface area contributed by atoms with Gasteiger partial charge in [0.25, 0.3) is 0 Å². The van der Waals surface area contributed by atoms with Crippen LogP contribution in [0.5, 0.6) is 5.75 Å². The maximum atomic E-state index is 8.97. The molecule has 2 aromatic rings. The van der Waals surface area contributed by atoms with Gasteiger partial charge in [-0.05, 0) is 30.2 Å². The Hall–Kier alpha value is -1.85. The number of para-hydroxylation sites is 1. The molecule has 5 nitrogen and oxygen atoms in total. The van der Waals surface area contributed by atoms with E-state index < -0.39 is 0 Å². The smallest absolute Gasteiger partial charge is 0.139 e. The molecule has 0 amide bonds. The maximum absolute atomic E-state index is 8.97. The van der Waals surface area contributed by atoms with Crippen molar-refractivity contribution in [2.24, 2.45) is 11.3 Å². The fourth-order valence-corrected chi connectivity index (χ4v) is 3.72. The van der Waals surface area contributed by atoms with Crippen LogP contribution in [-0.2, 0) is 19.4 Å². The Bertz CT molecular complexity index is 696. The zero-order valence-corrected chi connectivity index (χ0v) is 15.3. The number of ether oxygens (including phenoxy) is 1. The molecule has 2 atom stereocenters. The molecule has 0 radical (unpaired) electrons. The molecule has 1 aliphatic rings. The average Bonchev–Trinajstić information content (AvgIpc) is 3.05. The molecule has 1 heterocycles. The highest BCUT2D eigenvalue weighted by molar-refractivity contribution is 5.33. The summed E-state index contributed by atoms with van der Waals surface area (Å²) in [5.41, 5.74) is 2.39. The highest BCUT2D eigenvalue weighted by Crippen LogP contribution is 2.48. The van der Waals surface area contributed by atoms with E-state index in [2.05, 4.69) is 30.4 Å². The van der Waals surface area contributed by atoms with Crippen molar-refractivity contribution < 1.29 is 14.4 Å². The molecule has 1 fully saturated rings. The Morgan fingerprint density at radius 2 is 2.16 bits per heavy atom. The van der Waals surface area contributed by atoms with Crippen LogP contribution in [0.3, 0.4) is 0 Å². The zero-order chi connectivity index (χ0) is 17.9. The summed E-state index contributed by atoms with van der Waals surface area (Å²) in [6.07, 6.45) is 2.59. The quantitative estimate of drug-likeness (QED) is 0.771. The molecule has 0 spiro atoms. The Balaban J connectivity index is 1.54. The molecule has 1 aromatic heterocycles. The van der Waals surface area contributed by atoms with Gasteiger partial charge in [-0.1, -0.05) is 37.2 Å². The van der Waals surface area contributed by atoms with E-state index in [-0.39, 0.29) is 12.0 Å². The van der Waals surface area contributed by atoms with Crippen molar-refractivity contribution in [3.8, 4) is 5.75 Å². The molecule has 1 saturated carbocycles. The number of hydrogen-bond acceptors (Lipinski definition) is 5. The number of methoxy groups -OCH3 is 1. The van der Waals surface area contributed by atoms with E-state index in [1.165, 1.54) is 5.56 Å². The number of hydrogen-bond donors (Lipinski definition) is 2. The third-order valence-electron chi connectivity index (χ3n) is 5.62. The minimum Gasteiger partial charge on any atom is -0.496 e. The van der Waals surface area contributed by atoms with Gasteiger partial charge in [-0.3, -0.25) is 0 Å². The summed E-state index contributed by atoms with van der Waals surface area (Å²) in [5.74, 6) is 2.28. The van der Waals surface area contributed by atoms with Gasteiger partial charge in [0.2, 0.25) is 0 Å². The van der Waals surface area contributed by atoms with Gasteiger partial charge >= 0.3 is 0 Å². The Labute approximate surface area is 149 Å². The summed E-state index contributed by atoms with van der Waals surface area (Å²) < 4.78 is 10.7. The third-order valence-corrected chi connectivity index (χ3v) is 5.62. The van der Waals surface area contributed by atoms with Crippen LogP contribution in [0.15, 0.2) is 34.9 Å². The van der Waals surface area contributed by atoms with Gasteiger partial charge in [0, 0.05) is 30.6 Å². The van der Waals surface area contributed by atoms with Gasteiger partial charge in [0.05, 0.1) is 19.4 Å². The van der Waals surface area contributed by atoms with Gasteiger partial charge in [0.1, 0.15) is 11.5 Å². The van der Waals surface area contributed by atoms with E-state index in [4.69, 9.17) is 14.4 Å². The molecule has 2 N–H and O–H groups in total. The molecular formula is C20H28N2O3. The number of nitrogens with one attached hydrogen (secondary N) is 1. The van der Waals surface area contributed by atoms with Gasteiger partial charge in [-0.15, -0.1) is 0 Å². The van der Waals surface area contributed by atoms with Gasteiger partial charge in [-0.25, -0.2) is 0 Å². The topological polar surface area (TPSA) is 67.5 Å². The first-order valence-corrected chi connectivity index (χ1v) is 8.95. The number of aromatic nitrogens is 1. The average molecular weight is 344 g/mol. The zero-order valence-electron chi connectivity index (χ0n) is 15.3. The number of benzene rings is 1. The second-order valence-electron chi connectivity index (χ2n) is 7.46. The summed E-state index contributed by atoms with van der Waals surface area (Å²) in [6, 6.07) is 10.6. The summed E-state index contributed by atoms with van der Waals surface area (Å²) in [6.45, 7) is 5.54. The van der Waals surface area contributed by atoms with Crippen LogP contribution in [0.25, 0.3) is 0 Å². The lowest BCUT2D eigenvalue weighted by atomic mass is 9.57. The minimum absolute atomic E-state index is 0.0957. The van der Waals surface area contributed by atoms with Crippen LogP contribution in [0.4, 0.5) is 0 Å². The largest absolute Gasteiger partial charge is 0.496 e. The predicted molar refractivity (Wildman–Crippen MR) is 96.5 cm³/mol. The Kier molecular flexibility index (Phi) is 5.45. The van der Waals surface area contributed by atoms with Crippen molar-refractivity contribution in [2.75, 3.05) is 13.7 Å². The number of rotatable bonds is 8. The highest BCUT2D eigenvalue weighted by Gasteiger charge is 2.47. The molecule has 1 aliphatic carbocycles. The van der Waals surface area contributed by atoms with Crippen molar-refractivity contribution in [3.63, 3.8) is 0 Å². The lowest BCUT2D eigenvalue weighted by Gasteiger charge is -2.52. The van der Waals surface area contributed by atoms with Crippen LogP contribution < -0.4 is 10.1 Å². The molecule has 136 valence electrons. The predicted octanol–water partition coefficient (Wildman–Crippen LogP) is 2.97. The fraction of sp³-hybridized carbons (Fsp3) is 0.550. The molecule has 0 unspecified atom stereocenters. The van der Waals surface area contributed by atoms with Crippen LogP contribution >= 0.6 is 0 Å². The van der Waals surface area contributed by atoms with E-state index in [1.54, 1.807) is 7.11 Å². The summed E-state index contributed by atoms with van der Waals surface area (Å²) in [7, 11) is 1.71. The molecule has 5 heteroatoms. The van der Waals surface area contributed by atoms with Crippen molar-refractivity contribution in [3.05, 3.63) is 47.3 Å². The van der Waals surface area contributed by atoms with Crippen LogP contribution in [-0.4, -0.2) is 30.0 Å². The molecule has 25 heavy (non-hydrogen) atoms. The van der Waals surface area contributed by atoms with Crippen LogP contribution in [0.1, 0.15) is 37.3 Å². The normalized spacial score (nSPS) is 21.8. The van der Waals surface area contributed by atoms with Gasteiger partial charge < -0.3 is 19.7 Å². The number of aliphatic hydroxyl groups is 1. The number of nitrogens with zero attached hydrogens (tertiary/aromatic N) is 1. The third kappa shape index (κ3) is 3.88. The molecular weight excluding hydrogens is 316 g/mol. The first-order valence-electron chi connectivity index (χ1n) is 8.95. The van der Waals surface area contributed by atoms with Crippen LogP contribution in [0.2, 0.25) is 0 Å². The first kappa shape index (κ1) is 18.0. The Morgan fingerprint density at radius 1 is 1.36 bits per heavy atom. The maximum Gasteiger partial charge on any atom is 0.139 e. The SMILES string of the molecule is COc1ccccc1CN[C@H]1C[C@@H](Cc2cc(CCO)on2)C1(C)C. The highest BCUT2D eigenvalue weighted by atomic mass is 16.5. The summed E-state index contributed by atoms with van der Waals surface area (Å²) in [5, 5.41) is 16.8. The van der Waals surface area contributed by atoms with Crippen molar-refractivity contribution in [1.29, 1.82) is 0 Å². The Morgan fingerprint density at radius 3 is 2.88 bits per heavy atom. The van der Waals surface area contributed by atoms with Crippen LogP contribution in [0, 0.1) is 11.3 Å².